The molecule has 118 valence electrons. The summed E-state index contributed by atoms with van der Waals surface area (Å²) >= 11 is 0. The maximum atomic E-state index is 8.79. The minimum absolute atomic E-state index is 0.207. The van der Waals surface area contributed by atoms with E-state index in [2.05, 4.69) is 36.5 Å². The van der Waals surface area contributed by atoms with Crippen molar-refractivity contribution < 1.29 is 9.47 Å². The van der Waals surface area contributed by atoms with Crippen molar-refractivity contribution in [2.45, 2.75) is 19.1 Å². The number of methoxy groups -OCH3 is 1. The minimum atomic E-state index is -0.207. The second-order valence-electron chi connectivity index (χ2n) is 6.12. The van der Waals surface area contributed by atoms with Crippen molar-refractivity contribution in [2.24, 2.45) is 0 Å². The topological polar surface area (TPSA) is 45.5 Å². The van der Waals surface area contributed by atoms with Crippen LogP contribution in [0.5, 0.6) is 5.75 Å². The van der Waals surface area contributed by atoms with Crippen molar-refractivity contribution in [1.82, 2.24) is 4.90 Å². The maximum absolute atomic E-state index is 8.79. The number of hydrogen-bond donors (Lipinski definition) is 0. The van der Waals surface area contributed by atoms with Crippen molar-refractivity contribution in [2.75, 3.05) is 20.2 Å². The first kappa shape index (κ1) is 15.4. The third-order valence-electron chi connectivity index (χ3n) is 4.14. The first-order chi connectivity index (χ1) is 11.1. The Hall–Kier alpha value is -2.51. The summed E-state index contributed by atoms with van der Waals surface area (Å²) in [5.74, 6) is 0.856. The zero-order valence-corrected chi connectivity index (χ0v) is 13.5. The fourth-order valence-corrected chi connectivity index (χ4v) is 2.78. The molecule has 4 heteroatoms. The minimum Gasteiger partial charge on any atom is -0.497 e. The van der Waals surface area contributed by atoms with Crippen molar-refractivity contribution >= 4 is 0 Å². The second-order valence-corrected chi connectivity index (χ2v) is 6.12. The van der Waals surface area contributed by atoms with Gasteiger partial charge in [-0.2, -0.15) is 5.26 Å². The zero-order valence-electron chi connectivity index (χ0n) is 13.5. The predicted octanol–water partition coefficient (Wildman–Crippen LogP) is 3.43. The lowest BCUT2D eigenvalue weighted by Crippen LogP contribution is -2.59. The molecule has 3 rings (SSSR count). The molecule has 23 heavy (non-hydrogen) atoms. The second kappa shape index (κ2) is 6.31. The highest BCUT2D eigenvalue weighted by Gasteiger charge is 2.39. The Bertz CT molecular complexity index is 713. The van der Waals surface area contributed by atoms with Crippen LogP contribution in [0.2, 0.25) is 0 Å². The summed E-state index contributed by atoms with van der Waals surface area (Å²) in [5.41, 5.74) is 3.21. The number of nitrogens with zero attached hydrogens (tertiary/aromatic N) is 2. The first-order valence-electron chi connectivity index (χ1n) is 7.64. The van der Waals surface area contributed by atoms with Gasteiger partial charge in [-0.25, -0.2) is 0 Å². The molecule has 2 aromatic carbocycles. The molecule has 0 aliphatic carbocycles. The van der Waals surface area contributed by atoms with Crippen LogP contribution in [0.4, 0.5) is 0 Å². The van der Waals surface area contributed by atoms with E-state index in [0.29, 0.717) is 19.7 Å². The molecule has 0 saturated carbocycles. The molecule has 0 aromatic heterocycles. The molecular formula is C19H20N2O2. The van der Waals surface area contributed by atoms with E-state index in [1.165, 1.54) is 0 Å². The highest BCUT2D eigenvalue weighted by Crippen LogP contribution is 2.27. The Morgan fingerprint density at radius 1 is 1.13 bits per heavy atom. The van der Waals surface area contributed by atoms with Crippen molar-refractivity contribution in [1.29, 1.82) is 5.26 Å². The Morgan fingerprint density at radius 2 is 1.87 bits per heavy atom. The predicted molar refractivity (Wildman–Crippen MR) is 88.8 cm³/mol. The molecule has 2 aromatic rings. The number of benzene rings is 2. The van der Waals surface area contributed by atoms with Gasteiger partial charge in [0.05, 0.1) is 26.8 Å². The highest BCUT2D eigenvalue weighted by atomic mass is 16.5. The average molecular weight is 308 g/mol. The molecule has 0 bridgehead atoms. The highest BCUT2D eigenvalue weighted by molar-refractivity contribution is 5.65. The van der Waals surface area contributed by atoms with Gasteiger partial charge >= 0.3 is 0 Å². The van der Waals surface area contributed by atoms with E-state index >= 15 is 0 Å². The summed E-state index contributed by atoms with van der Waals surface area (Å²) in [6.45, 7) is 3.95. The Balaban J connectivity index is 1.62. The van der Waals surface area contributed by atoms with Crippen LogP contribution in [0.25, 0.3) is 11.1 Å². The lowest BCUT2D eigenvalue weighted by Gasteiger charge is -2.44. The molecule has 1 saturated heterocycles. The monoisotopic (exact) mass is 308 g/mol. The summed E-state index contributed by atoms with van der Waals surface area (Å²) in [6.07, 6.45) is 2.13. The van der Waals surface area contributed by atoms with Crippen LogP contribution >= 0.6 is 0 Å². The van der Waals surface area contributed by atoms with Crippen LogP contribution in [0, 0.1) is 11.5 Å². The quantitative estimate of drug-likeness (QED) is 0.794. The average Bonchev–Trinajstić information content (AvgIpc) is 2.58. The van der Waals surface area contributed by atoms with Crippen LogP contribution in [-0.2, 0) is 11.3 Å². The van der Waals surface area contributed by atoms with Gasteiger partial charge in [0.15, 0.2) is 6.19 Å². The molecular weight excluding hydrogens is 288 g/mol. The van der Waals surface area contributed by atoms with Crippen LogP contribution in [0.1, 0.15) is 12.5 Å². The molecule has 1 aliphatic heterocycles. The Kier molecular flexibility index (Phi) is 4.22. The smallest absolute Gasteiger partial charge is 0.179 e. The van der Waals surface area contributed by atoms with E-state index < -0.39 is 0 Å². The molecule has 0 atom stereocenters. The fraction of sp³-hybridized carbons (Fsp3) is 0.316. The summed E-state index contributed by atoms with van der Waals surface area (Å²) < 4.78 is 11.2. The van der Waals surface area contributed by atoms with Gasteiger partial charge in [0.25, 0.3) is 0 Å². The molecule has 1 fully saturated rings. The van der Waals surface area contributed by atoms with Crippen LogP contribution in [0.15, 0.2) is 48.5 Å². The van der Waals surface area contributed by atoms with E-state index in [-0.39, 0.29) is 5.60 Å². The number of rotatable bonds is 5. The van der Waals surface area contributed by atoms with E-state index in [9.17, 15) is 0 Å². The number of nitriles is 1. The molecule has 0 unspecified atom stereocenters. The summed E-state index contributed by atoms with van der Waals surface area (Å²) in [6, 6.07) is 16.4. The van der Waals surface area contributed by atoms with Crippen LogP contribution < -0.4 is 4.74 Å². The molecule has 1 heterocycles. The van der Waals surface area contributed by atoms with Crippen molar-refractivity contribution in [3.05, 3.63) is 54.1 Å². The summed E-state index contributed by atoms with van der Waals surface area (Å²) in [4.78, 5) is 1.70. The number of hydrogen-bond acceptors (Lipinski definition) is 4. The molecule has 4 nitrogen and oxygen atoms in total. The third-order valence-corrected chi connectivity index (χ3v) is 4.14. The van der Waals surface area contributed by atoms with Gasteiger partial charge in [-0.3, -0.25) is 0 Å². The molecule has 1 aliphatic rings. The van der Waals surface area contributed by atoms with Gasteiger partial charge in [0, 0.05) is 0 Å². The Labute approximate surface area is 136 Å². The number of ether oxygens (including phenoxy) is 2. The zero-order chi connectivity index (χ0) is 16.3. The van der Waals surface area contributed by atoms with E-state index in [1.807, 2.05) is 25.1 Å². The van der Waals surface area contributed by atoms with Gasteiger partial charge in [-0.05, 0) is 35.7 Å². The Morgan fingerprint density at radius 3 is 2.52 bits per heavy atom. The molecule has 0 N–H and O–H groups in total. The standard InChI is InChI=1S/C19H20N2O2/c1-19(12-21(13-19)14-20)23-11-15-6-8-16(9-7-15)17-4-3-5-18(10-17)22-2/h3-10H,11-13H2,1-2H3. The van der Waals surface area contributed by atoms with E-state index in [4.69, 9.17) is 14.7 Å². The van der Waals surface area contributed by atoms with E-state index in [0.717, 1.165) is 22.4 Å². The van der Waals surface area contributed by atoms with Crippen molar-refractivity contribution in [3.63, 3.8) is 0 Å². The fourth-order valence-electron chi connectivity index (χ4n) is 2.78. The van der Waals surface area contributed by atoms with Gasteiger partial charge in [-0.15, -0.1) is 0 Å². The summed E-state index contributed by atoms with van der Waals surface area (Å²) in [7, 11) is 1.67. The largest absolute Gasteiger partial charge is 0.497 e. The molecule has 0 radical (unpaired) electrons. The molecule has 0 spiro atoms. The van der Waals surface area contributed by atoms with Crippen molar-refractivity contribution in [3.8, 4) is 23.1 Å². The van der Waals surface area contributed by atoms with Gasteiger partial charge in [-0.1, -0.05) is 36.4 Å². The van der Waals surface area contributed by atoms with Gasteiger partial charge in [0.2, 0.25) is 0 Å². The van der Waals surface area contributed by atoms with Gasteiger partial charge < -0.3 is 14.4 Å². The molecule has 0 amide bonds. The summed E-state index contributed by atoms with van der Waals surface area (Å²) in [5, 5.41) is 8.79. The van der Waals surface area contributed by atoms with Crippen LogP contribution in [0.3, 0.4) is 0 Å². The third kappa shape index (κ3) is 3.46. The number of likely N-dealkylation sites (tertiary alicyclic amines) is 1. The normalized spacial score (nSPS) is 15.6. The lowest BCUT2D eigenvalue weighted by atomic mass is 9.97. The van der Waals surface area contributed by atoms with Gasteiger partial charge in [0.1, 0.15) is 11.4 Å². The van der Waals surface area contributed by atoms with E-state index in [1.54, 1.807) is 12.0 Å². The maximum Gasteiger partial charge on any atom is 0.179 e. The lowest BCUT2D eigenvalue weighted by molar-refractivity contribution is -0.121. The first-order valence-corrected chi connectivity index (χ1v) is 7.64. The van der Waals surface area contributed by atoms with Crippen LogP contribution in [-0.4, -0.2) is 30.7 Å². The SMILES string of the molecule is COc1cccc(-c2ccc(COC3(C)CN(C#N)C3)cc2)c1.